The summed E-state index contributed by atoms with van der Waals surface area (Å²) < 4.78 is 7.29. The Morgan fingerprint density at radius 1 is 0.400 bits per heavy atom. The molecule has 12 rings (SSSR count). The van der Waals surface area contributed by atoms with E-state index in [1.165, 1.54) is 83.1 Å². The Balaban J connectivity index is 1.20. The second kappa shape index (κ2) is 14.1. The molecule has 0 N–H and O–H groups in total. The van der Waals surface area contributed by atoms with E-state index in [4.69, 9.17) is 4.42 Å². The molecule has 10 aromatic rings. The lowest BCUT2D eigenvalue weighted by Crippen LogP contribution is -2.59. The number of rotatable bonds is 7. The van der Waals surface area contributed by atoms with Crippen LogP contribution in [0.4, 0.5) is 0 Å². The predicted octanol–water partition coefficient (Wildman–Crippen LogP) is 12.6. The normalized spacial score (nSPS) is 13.6. The Morgan fingerprint density at radius 2 is 0.967 bits per heavy atom. The highest BCUT2D eigenvalue weighted by molar-refractivity contribution is 6.98. The number of benzene rings is 9. The van der Waals surface area contributed by atoms with Crippen molar-refractivity contribution in [2.24, 2.45) is 0 Å². The molecule has 3 heterocycles. The van der Waals surface area contributed by atoms with Gasteiger partial charge in [-0.25, -0.2) is 0 Å². The molecule has 0 radical (unpaired) electrons. The van der Waals surface area contributed by atoms with E-state index in [1.54, 1.807) is 0 Å². The number of hydrogen-bond acceptors (Lipinski definition) is 1. The van der Waals surface area contributed by atoms with Crippen LogP contribution in [-0.4, -0.2) is 6.71 Å². The van der Waals surface area contributed by atoms with E-state index in [1.807, 2.05) is 0 Å². The fourth-order valence-electron chi connectivity index (χ4n) is 10.4. The molecule has 0 spiro atoms. The van der Waals surface area contributed by atoms with Gasteiger partial charge in [-0.3, -0.25) is 0 Å². The second-order valence-electron chi connectivity index (χ2n) is 16.3. The molecule has 2 aliphatic rings. The maximum Gasteiger partial charge on any atom is 0.289 e. The number of furan rings is 1. The average Bonchev–Trinajstić information content (AvgIpc) is 3.72. The molecule has 1 unspecified atom stereocenters. The van der Waals surface area contributed by atoms with E-state index in [9.17, 15) is 0 Å². The van der Waals surface area contributed by atoms with Crippen molar-refractivity contribution >= 4 is 34.1 Å². The molecule has 0 bridgehead atoms. The van der Waals surface area contributed by atoms with Crippen LogP contribution in [0.5, 0.6) is 0 Å². The molecule has 0 saturated carbocycles. The van der Waals surface area contributed by atoms with Crippen molar-refractivity contribution in [3.8, 4) is 44.7 Å². The van der Waals surface area contributed by atoms with Gasteiger partial charge in [0, 0.05) is 28.2 Å². The van der Waals surface area contributed by atoms with Crippen LogP contribution >= 0.6 is 0 Å². The van der Waals surface area contributed by atoms with Crippen LogP contribution in [0.25, 0.3) is 55.5 Å². The molecular formula is C58H39BO. The molecule has 1 atom stereocenters. The van der Waals surface area contributed by atoms with E-state index in [2.05, 4.69) is 224 Å². The first-order valence-corrected chi connectivity index (χ1v) is 21.0. The van der Waals surface area contributed by atoms with Gasteiger partial charge in [-0.05, 0) is 66.8 Å². The van der Waals surface area contributed by atoms with Crippen molar-refractivity contribution in [1.82, 2.24) is 0 Å². The first-order chi connectivity index (χ1) is 29.8. The van der Waals surface area contributed by atoms with Gasteiger partial charge in [0.15, 0.2) is 0 Å². The van der Waals surface area contributed by atoms with Crippen LogP contribution in [0, 0.1) is 0 Å². The minimum Gasteiger partial charge on any atom is -0.469 e. The van der Waals surface area contributed by atoms with Crippen molar-refractivity contribution in [3.63, 3.8) is 0 Å². The Bertz CT molecular complexity index is 3150. The molecule has 0 saturated heterocycles. The molecule has 0 fully saturated rings. The van der Waals surface area contributed by atoms with Crippen LogP contribution in [0.3, 0.4) is 0 Å². The minimum absolute atomic E-state index is 0.0329. The third-order valence-electron chi connectivity index (χ3n) is 12.9. The zero-order chi connectivity index (χ0) is 39.6. The summed E-state index contributed by atoms with van der Waals surface area (Å²) in [5.74, 6) is 0.933. The van der Waals surface area contributed by atoms with Crippen LogP contribution in [0.1, 0.15) is 45.2 Å². The van der Waals surface area contributed by atoms with Gasteiger partial charge in [0.2, 0.25) is 0 Å². The van der Waals surface area contributed by atoms with Crippen LogP contribution in [0.15, 0.2) is 229 Å². The minimum atomic E-state index is -0.0841. The highest BCUT2D eigenvalue weighted by atomic mass is 16.3. The predicted molar refractivity (Wildman–Crippen MR) is 250 cm³/mol. The molecule has 2 aliphatic heterocycles. The monoisotopic (exact) mass is 762 g/mol. The molecule has 0 aliphatic carbocycles. The van der Waals surface area contributed by atoms with Crippen LogP contribution in [-0.2, 0) is 0 Å². The molecule has 280 valence electrons. The summed E-state index contributed by atoms with van der Waals surface area (Å²) in [7, 11) is 0. The van der Waals surface area contributed by atoms with E-state index in [0.717, 1.165) is 22.4 Å². The molecule has 9 aromatic carbocycles. The van der Waals surface area contributed by atoms with Crippen molar-refractivity contribution in [1.29, 1.82) is 0 Å². The average molecular weight is 763 g/mol. The largest absolute Gasteiger partial charge is 0.469 e. The van der Waals surface area contributed by atoms with Crippen LogP contribution in [0.2, 0.25) is 0 Å². The molecule has 2 heteroatoms. The zero-order valence-corrected chi connectivity index (χ0v) is 33.0. The molecule has 1 aromatic heterocycles. The van der Waals surface area contributed by atoms with Gasteiger partial charge < -0.3 is 4.42 Å². The molecule has 0 amide bonds. The Kier molecular flexibility index (Phi) is 8.16. The Labute approximate surface area is 351 Å². The van der Waals surface area contributed by atoms with Gasteiger partial charge in [0.1, 0.15) is 5.76 Å². The van der Waals surface area contributed by atoms with Crippen molar-refractivity contribution in [3.05, 3.63) is 258 Å². The topological polar surface area (TPSA) is 13.1 Å². The Hall–Kier alpha value is -7.42. The smallest absolute Gasteiger partial charge is 0.289 e. The van der Waals surface area contributed by atoms with Crippen molar-refractivity contribution in [2.75, 3.05) is 0 Å². The lowest BCUT2D eigenvalue weighted by Gasteiger charge is -2.38. The third kappa shape index (κ3) is 5.56. The van der Waals surface area contributed by atoms with Gasteiger partial charge in [-0.15, -0.1) is 0 Å². The molecule has 1 nitrogen and oxygen atoms in total. The molecular weight excluding hydrogens is 723 g/mol. The SMILES string of the molecule is c1ccc(-c2cccc(C3c4cc(-c5ccccc5)ccc4B4c5c(cc(C(c6ccccc6)c6ccccc6)cc53)-c3cccc5c(-c6ccccc6)oc4c35)c2)cc1. The summed E-state index contributed by atoms with van der Waals surface area (Å²) in [6.45, 7) is -0.0841. The number of hydrogen-bond donors (Lipinski definition) is 0. The maximum absolute atomic E-state index is 7.29. The highest BCUT2D eigenvalue weighted by Gasteiger charge is 2.45. The van der Waals surface area contributed by atoms with Crippen molar-refractivity contribution in [2.45, 2.75) is 11.8 Å². The van der Waals surface area contributed by atoms with E-state index in [0.29, 0.717) is 0 Å². The van der Waals surface area contributed by atoms with Gasteiger partial charge in [0.05, 0.1) is 5.66 Å². The van der Waals surface area contributed by atoms with E-state index in [-0.39, 0.29) is 18.5 Å². The number of fused-ring (bicyclic) bond motifs is 4. The van der Waals surface area contributed by atoms with Gasteiger partial charge in [-0.1, -0.05) is 235 Å². The first-order valence-electron chi connectivity index (χ1n) is 21.0. The maximum atomic E-state index is 7.29. The fourth-order valence-corrected chi connectivity index (χ4v) is 10.4. The zero-order valence-electron chi connectivity index (χ0n) is 33.0. The molecule has 60 heavy (non-hydrogen) atoms. The summed E-state index contributed by atoms with van der Waals surface area (Å²) in [4.78, 5) is 0. The fraction of sp³-hybridized carbons (Fsp3) is 0.0345. The summed E-state index contributed by atoms with van der Waals surface area (Å²) >= 11 is 0. The van der Waals surface area contributed by atoms with Gasteiger partial charge in [-0.2, -0.15) is 0 Å². The first kappa shape index (κ1) is 34.6. The van der Waals surface area contributed by atoms with Crippen molar-refractivity contribution < 1.29 is 4.42 Å². The second-order valence-corrected chi connectivity index (χ2v) is 16.3. The quantitative estimate of drug-likeness (QED) is 0.116. The lowest BCUT2D eigenvalue weighted by atomic mass is 9.31. The summed E-state index contributed by atoms with van der Waals surface area (Å²) in [6, 6.07) is 82.7. The summed E-state index contributed by atoms with van der Waals surface area (Å²) in [5, 5.41) is 2.38. The lowest BCUT2D eigenvalue weighted by molar-refractivity contribution is 0.620. The Morgan fingerprint density at radius 3 is 1.62 bits per heavy atom. The standard InChI is InChI=1S/C58H39BO/c1-6-18-38(19-7-1)43-28-16-29-45(34-43)54-50-35-44(39-20-8-2-9-21-39)32-33-52(50)59-56-49(47-30-17-31-48-55(47)58(59)60-57(48)42-26-14-5-15-27-42)36-46(37-51(54)56)53(40-22-10-3-11-23-40)41-24-12-4-13-25-41/h1-37,53-54H. The van der Waals surface area contributed by atoms with E-state index < -0.39 is 0 Å². The van der Waals surface area contributed by atoms with Gasteiger partial charge in [0.25, 0.3) is 6.71 Å². The van der Waals surface area contributed by atoms with Crippen LogP contribution < -0.4 is 16.6 Å². The van der Waals surface area contributed by atoms with E-state index >= 15 is 0 Å². The highest BCUT2D eigenvalue weighted by Crippen LogP contribution is 2.46. The summed E-state index contributed by atoms with van der Waals surface area (Å²) in [5.41, 5.74) is 20.0. The van der Waals surface area contributed by atoms with Gasteiger partial charge >= 0.3 is 0 Å². The summed E-state index contributed by atoms with van der Waals surface area (Å²) in [6.07, 6.45) is 0. The third-order valence-corrected chi connectivity index (χ3v) is 12.9.